The molecule has 0 N–H and O–H groups in total. The van der Waals surface area contributed by atoms with Crippen LogP contribution in [0.5, 0.6) is 0 Å². The van der Waals surface area contributed by atoms with Crippen LogP contribution in [0.2, 0.25) is 0 Å². The van der Waals surface area contributed by atoms with Gasteiger partial charge in [0, 0.05) is 5.75 Å². The molecule has 0 aliphatic carbocycles. The summed E-state index contributed by atoms with van der Waals surface area (Å²) in [4.78, 5) is 0. The Hall–Kier alpha value is -1.08. The van der Waals surface area contributed by atoms with Crippen molar-refractivity contribution in [3.63, 3.8) is 0 Å². The second kappa shape index (κ2) is 5.61. The van der Waals surface area contributed by atoms with Crippen molar-refractivity contribution in [3.05, 3.63) is 17.8 Å². The van der Waals surface area contributed by atoms with Gasteiger partial charge in [0.05, 0.1) is 11.8 Å². The lowest BCUT2D eigenvalue weighted by Crippen LogP contribution is -1.97. The molecule has 0 saturated heterocycles. The fraction of sp³-hybridized carbons (Fsp3) is 0.500. The molecule has 1 unspecified atom stereocenters. The summed E-state index contributed by atoms with van der Waals surface area (Å²) in [5.74, 6) is 1.64. The molecule has 0 aromatic carbocycles. The predicted octanol–water partition coefficient (Wildman–Crippen LogP) is 2.49. The van der Waals surface area contributed by atoms with Gasteiger partial charge in [-0.1, -0.05) is 20.3 Å². The monoisotopic (exact) mass is 207 g/mol. The fourth-order valence-electron chi connectivity index (χ4n) is 0.850. The summed E-state index contributed by atoms with van der Waals surface area (Å²) in [7, 11) is 0. The highest BCUT2D eigenvalue weighted by molar-refractivity contribution is 7.99. The first-order valence-corrected chi connectivity index (χ1v) is 5.61. The van der Waals surface area contributed by atoms with Crippen LogP contribution < -0.4 is 0 Å². The maximum absolute atomic E-state index is 8.81. The Morgan fingerprint density at radius 2 is 2.43 bits per heavy atom. The minimum atomic E-state index is 0.619. The van der Waals surface area contributed by atoms with E-state index in [1.54, 1.807) is 24.0 Å². The van der Waals surface area contributed by atoms with Gasteiger partial charge in [-0.05, 0) is 12.0 Å². The highest BCUT2D eigenvalue weighted by Gasteiger charge is 2.06. The summed E-state index contributed by atoms with van der Waals surface area (Å²) in [6.45, 7) is 4.35. The molecule has 1 atom stereocenters. The zero-order valence-corrected chi connectivity index (χ0v) is 9.21. The van der Waals surface area contributed by atoms with Crippen molar-refractivity contribution < 1.29 is 0 Å². The number of hydrogen-bond donors (Lipinski definition) is 0. The molecule has 1 aromatic heterocycles. The van der Waals surface area contributed by atoms with Crippen LogP contribution >= 0.6 is 11.8 Å². The Kier molecular flexibility index (Phi) is 4.41. The number of rotatable bonds is 4. The smallest absolute Gasteiger partial charge is 0.137 e. The Morgan fingerprint density at radius 1 is 1.64 bits per heavy atom. The van der Waals surface area contributed by atoms with Gasteiger partial charge in [0.15, 0.2) is 0 Å². The van der Waals surface area contributed by atoms with Crippen LogP contribution in [-0.4, -0.2) is 16.0 Å². The van der Waals surface area contributed by atoms with E-state index in [4.69, 9.17) is 5.26 Å². The average Bonchev–Trinajstić information content (AvgIpc) is 2.26. The topological polar surface area (TPSA) is 49.6 Å². The number of thioether (sulfide) groups is 1. The normalized spacial score (nSPS) is 12.1. The molecule has 3 nitrogen and oxygen atoms in total. The molecule has 0 aliphatic rings. The Balaban J connectivity index is 2.63. The van der Waals surface area contributed by atoms with E-state index >= 15 is 0 Å². The van der Waals surface area contributed by atoms with Crippen LogP contribution in [-0.2, 0) is 0 Å². The van der Waals surface area contributed by atoms with E-state index in [2.05, 4.69) is 30.1 Å². The van der Waals surface area contributed by atoms with Gasteiger partial charge in [-0.15, -0.1) is 16.9 Å². The predicted molar refractivity (Wildman–Crippen MR) is 56.9 cm³/mol. The molecule has 0 saturated carbocycles. The van der Waals surface area contributed by atoms with Gasteiger partial charge in [0.1, 0.15) is 11.1 Å². The summed E-state index contributed by atoms with van der Waals surface area (Å²) in [6.07, 6.45) is 2.70. The SMILES string of the molecule is CCC(C)CSc1nnccc1C#N. The molecule has 0 radical (unpaired) electrons. The molecule has 0 spiro atoms. The third-order valence-corrected chi connectivity index (χ3v) is 3.32. The molecule has 1 heterocycles. The Labute approximate surface area is 88.5 Å². The first-order valence-electron chi connectivity index (χ1n) is 4.62. The first kappa shape index (κ1) is 11.0. The number of aromatic nitrogens is 2. The summed E-state index contributed by atoms with van der Waals surface area (Å²) < 4.78 is 0. The van der Waals surface area contributed by atoms with Gasteiger partial charge in [-0.3, -0.25) is 0 Å². The van der Waals surface area contributed by atoms with E-state index < -0.39 is 0 Å². The van der Waals surface area contributed by atoms with Crippen LogP contribution in [0.25, 0.3) is 0 Å². The zero-order valence-electron chi connectivity index (χ0n) is 8.40. The van der Waals surface area contributed by atoms with Gasteiger partial charge >= 0.3 is 0 Å². The highest BCUT2D eigenvalue weighted by atomic mass is 32.2. The van der Waals surface area contributed by atoms with Gasteiger partial charge in [0.2, 0.25) is 0 Å². The Morgan fingerprint density at radius 3 is 3.07 bits per heavy atom. The van der Waals surface area contributed by atoms with Crippen molar-refractivity contribution in [2.75, 3.05) is 5.75 Å². The van der Waals surface area contributed by atoms with Gasteiger partial charge in [-0.25, -0.2) is 0 Å². The van der Waals surface area contributed by atoms with Gasteiger partial charge in [0.25, 0.3) is 0 Å². The fourth-order valence-corrected chi connectivity index (χ4v) is 1.90. The third kappa shape index (κ3) is 3.00. The quantitative estimate of drug-likeness (QED) is 0.712. The van der Waals surface area contributed by atoms with Gasteiger partial charge < -0.3 is 0 Å². The van der Waals surface area contributed by atoms with Crippen LogP contribution in [0.15, 0.2) is 17.3 Å². The molecule has 0 aliphatic heterocycles. The molecule has 4 heteroatoms. The van der Waals surface area contributed by atoms with Crippen molar-refractivity contribution in [1.82, 2.24) is 10.2 Å². The summed E-state index contributed by atoms with van der Waals surface area (Å²) >= 11 is 1.61. The van der Waals surface area contributed by atoms with E-state index in [0.717, 1.165) is 17.2 Å². The van der Waals surface area contributed by atoms with Crippen molar-refractivity contribution in [1.29, 1.82) is 5.26 Å². The minimum absolute atomic E-state index is 0.619. The number of hydrogen-bond acceptors (Lipinski definition) is 4. The molecule has 14 heavy (non-hydrogen) atoms. The lowest BCUT2D eigenvalue weighted by atomic mass is 10.2. The largest absolute Gasteiger partial charge is 0.192 e. The summed E-state index contributed by atoms with van der Waals surface area (Å²) in [6, 6.07) is 3.81. The van der Waals surface area contributed by atoms with E-state index in [9.17, 15) is 0 Å². The summed E-state index contributed by atoms with van der Waals surface area (Å²) in [5.41, 5.74) is 0.619. The molecule has 0 fully saturated rings. The second-order valence-corrected chi connectivity index (χ2v) is 4.19. The molecular weight excluding hydrogens is 194 g/mol. The Bertz CT molecular complexity index is 332. The molecule has 1 rings (SSSR count). The maximum Gasteiger partial charge on any atom is 0.137 e. The molecule has 0 amide bonds. The highest BCUT2D eigenvalue weighted by Crippen LogP contribution is 2.21. The number of nitrogens with zero attached hydrogens (tertiary/aromatic N) is 3. The first-order chi connectivity index (χ1) is 6.77. The van der Waals surface area contributed by atoms with Crippen molar-refractivity contribution in [2.24, 2.45) is 5.92 Å². The zero-order chi connectivity index (χ0) is 10.4. The lowest BCUT2D eigenvalue weighted by molar-refractivity contribution is 0.636. The van der Waals surface area contributed by atoms with Gasteiger partial charge in [-0.2, -0.15) is 10.4 Å². The second-order valence-electron chi connectivity index (χ2n) is 3.19. The van der Waals surface area contributed by atoms with Crippen LogP contribution in [0, 0.1) is 17.2 Å². The lowest BCUT2D eigenvalue weighted by Gasteiger charge is -2.06. The van der Waals surface area contributed by atoms with Crippen molar-refractivity contribution in [2.45, 2.75) is 25.3 Å². The maximum atomic E-state index is 8.81. The van der Waals surface area contributed by atoms with E-state index in [0.29, 0.717) is 11.5 Å². The van der Waals surface area contributed by atoms with E-state index in [1.807, 2.05) is 0 Å². The molecule has 1 aromatic rings. The minimum Gasteiger partial charge on any atom is -0.192 e. The van der Waals surface area contributed by atoms with Crippen LogP contribution in [0.1, 0.15) is 25.8 Å². The summed E-state index contributed by atoms with van der Waals surface area (Å²) in [5, 5.41) is 17.3. The molecular formula is C10H13N3S. The van der Waals surface area contributed by atoms with E-state index in [1.165, 1.54) is 0 Å². The molecule has 0 bridgehead atoms. The standard InChI is InChI=1S/C10H13N3S/c1-3-8(2)7-14-10-9(6-11)4-5-12-13-10/h4-5,8H,3,7H2,1-2H3. The van der Waals surface area contributed by atoms with Crippen LogP contribution in [0.3, 0.4) is 0 Å². The van der Waals surface area contributed by atoms with Crippen molar-refractivity contribution >= 4 is 11.8 Å². The van der Waals surface area contributed by atoms with E-state index in [-0.39, 0.29) is 0 Å². The molecule has 74 valence electrons. The average molecular weight is 207 g/mol. The van der Waals surface area contributed by atoms with Crippen LogP contribution in [0.4, 0.5) is 0 Å². The number of nitriles is 1. The third-order valence-electron chi connectivity index (χ3n) is 2.01. The van der Waals surface area contributed by atoms with Crippen molar-refractivity contribution in [3.8, 4) is 6.07 Å².